The van der Waals surface area contributed by atoms with Gasteiger partial charge in [0.2, 0.25) is 5.78 Å². The molecule has 102 valence electrons. The summed E-state index contributed by atoms with van der Waals surface area (Å²) in [6.45, 7) is 2.07. The number of nitrogens with one attached hydrogen (secondary N) is 1. The monoisotopic (exact) mass is 288 g/mol. The van der Waals surface area contributed by atoms with Crippen molar-refractivity contribution in [2.24, 2.45) is 0 Å². The van der Waals surface area contributed by atoms with Gasteiger partial charge < -0.3 is 4.98 Å². The van der Waals surface area contributed by atoms with E-state index in [-0.39, 0.29) is 11.6 Å². The molecule has 0 aliphatic rings. The van der Waals surface area contributed by atoms with Crippen LogP contribution < -0.4 is 0 Å². The Bertz CT molecular complexity index is 775. The fraction of sp³-hybridized carbons (Fsp3) is 0.200. The number of aromatic nitrogens is 2. The number of rotatable bonds is 4. The Morgan fingerprint density at radius 3 is 3.10 bits per heavy atom. The molecule has 5 heteroatoms. The quantitative estimate of drug-likeness (QED) is 0.739. The van der Waals surface area contributed by atoms with Gasteiger partial charge in [0, 0.05) is 22.5 Å². The van der Waals surface area contributed by atoms with Gasteiger partial charge in [-0.25, -0.2) is 9.37 Å². The standard InChI is InChI=1S/C15H13FN2OS/c1-2-3-10-8-20-15(18-10)14(19)12-7-17-13-5-4-9(16)6-11(12)13/h4-8,17H,2-3H2,1H3. The highest BCUT2D eigenvalue weighted by atomic mass is 32.1. The number of hydrogen-bond donors (Lipinski definition) is 1. The lowest BCUT2D eigenvalue weighted by Crippen LogP contribution is -2.00. The van der Waals surface area contributed by atoms with Gasteiger partial charge in [-0.05, 0) is 24.6 Å². The van der Waals surface area contributed by atoms with E-state index in [1.807, 2.05) is 5.38 Å². The lowest BCUT2D eigenvalue weighted by molar-refractivity contribution is 0.104. The summed E-state index contributed by atoms with van der Waals surface area (Å²) < 4.78 is 13.3. The summed E-state index contributed by atoms with van der Waals surface area (Å²) in [5, 5.41) is 2.97. The van der Waals surface area contributed by atoms with E-state index in [1.165, 1.54) is 23.5 Å². The van der Waals surface area contributed by atoms with Crippen LogP contribution in [-0.2, 0) is 6.42 Å². The molecule has 0 saturated carbocycles. The molecule has 2 heterocycles. The molecular weight excluding hydrogens is 275 g/mol. The van der Waals surface area contributed by atoms with Crippen LogP contribution in [0.5, 0.6) is 0 Å². The molecule has 0 fully saturated rings. The molecule has 1 N–H and O–H groups in total. The van der Waals surface area contributed by atoms with Crippen LogP contribution in [0.1, 0.15) is 34.4 Å². The molecule has 0 aliphatic carbocycles. The SMILES string of the molecule is CCCc1csc(C(=O)c2c[nH]c3ccc(F)cc23)n1. The maximum absolute atomic E-state index is 13.3. The fourth-order valence-corrected chi connectivity index (χ4v) is 2.98. The second kappa shape index (κ2) is 5.17. The van der Waals surface area contributed by atoms with Crippen molar-refractivity contribution in [3.05, 3.63) is 51.9 Å². The van der Waals surface area contributed by atoms with Crippen LogP contribution in [0.25, 0.3) is 10.9 Å². The zero-order valence-corrected chi connectivity index (χ0v) is 11.8. The molecule has 2 aromatic heterocycles. The van der Waals surface area contributed by atoms with Crippen molar-refractivity contribution in [1.82, 2.24) is 9.97 Å². The highest BCUT2D eigenvalue weighted by molar-refractivity contribution is 7.12. The lowest BCUT2D eigenvalue weighted by atomic mass is 10.1. The molecule has 3 nitrogen and oxygen atoms in total. The molecule has 0 atom stereocenters. The number of aryl methyl sites for hydroxylation is 1. The first-order valence-corrected chi connectivity index (χ1v) is 7.32. The summed E-state index contributed by atoms with van der Waals surface area (Å²) in [5.74, 6) is -0.508. The summed E-state index contributed by atoms with van der Waals surface area (Å²) in [5.41, 5.74) is 2.16. The van der Waals surface area contributed by atoms with Crippen LogP contribution in [-0.4, -0.2) is 15.8 Å². The Morgan fingerprint density at radius 1 is 1.45 bits per heavy atom. The molecule has 0 bridgehead atoms. The zero-order valence-electron chi connectivity index (χ0n) is 10.9. The smallest absolute Gasteiger partial charge is 0.223 e. The van der Waals surface area contributed by atoms with Gasteiger partial charge in [-0.3, -0.25) is 4.79 Å². The largest absolute Gasteiger partial charge is 0.360 e. The Morgan fingerprint density at radius 2 is 2.30 bits per heavy atom. The van der Waals surface area contributed by atoms with Crippen molar-refractivity contribution in [2.75, 3.05) is 0 Å². The van der Waals surface area contributed by atoms with Gasteiger partial charge in [0.1, 0.15) is 5.82 Å². The van der Waals surface area contributed by atoms with Gasteiger partial charge in [0.25, 0.3) is 0 Å². The molecule has 0 amide bonds. The third-order valence-electron chi connectivity index (χ3n) is 3.14. The molecule has 0 aliphatic heterocycles. The highest BCUT2D eigenvalue weighted by Crippen LogP contribution is 2.23. The number of carbonyl (C=O) groups excluding carboxylic acids is 1. The van der Waals surface area contributed by atoms with E-state index in [9.17, 15) is 9.18 Å². The first-order chi connectivity index (χ1) is 9.69. The van der Waals surface area contributed by atoms with Crippen LogP contribution in [0.2, 0.25) is 0 Å². The normalized spacial score (nSPS) is 11.1. The second-order valence-electron chi connectivity index (χ2n) is 4.62. The second-order valence-corrected chi connectivity index (χ2v) is 5.47. The molecule has 0 spiro atoms. The van der Waals surface area contributed by atoms with Crippen LogP contribution in [0, 0.1) is 5.82 Å². The molecular formula is C15H13FN2OS. The zero-order chi connectivity index (χ0) is 14.1. The number of nitrogens with zero attached hydrogens (tertiary/aromatic N) is 1. The fourth-order valence-electron chi connectivity index (χ4n) is 2.18. The summed E-state index contributed by atoms with van der Waals surface area (Å²) >= 11 is 1.34. The lowest BCUT2D eigenvalue weighted by Gasteiger charge is -1.96. The molecule has 20 heavy (non-hydrogen) atoms. The summed E-state index contributed by atoms with van der Waals surface area (Å²) in [4.78, 5) is 19.8. The van der Waals surface area contributed by atoms with Crippen molar-refractivity contribution in [2.45, 2.75) is 19.8 Å². The maximum atomic E-state index is 13.3. The van der Waals surface area contributed by atoms with Gasteiger partial charge in [-0.15, -0.1) is 11.3 Å². The minimum absolute atomic E-state index is 0.158. The Labute approximate surface area is 119 Å². The number of aromatic amines is 1. The minimum atomic E-state index is -0.350. The summed E-state index contributed by atoms with van der Waals surface area (Å²) in [7, 11) is 0. The average Bonchev–Trinajstić information content (AvgIpc) is 3.05. The van der Waals surface area contributed by atoms with E-state index in [0.29, 0.717) is 16.0 Å². The molecule has 0 saturated heterocycles. The number of fused-ring (bicyclic) bond motifs is 1. The van der Waals surface area contributed by atoms with Crippen LogP contribution >= 0.6 is 11.3 Å². The van der Waals surface area contributed by atoms with E-state index in [4.69, 9.17) is 0 Å². The summed E-state index contributed by atoms with van der Waals surface area (Å²) in [6.07, 6.45) is 3.48. The number of H-pyrrole nitrogens is 1. The van der Waals surface area contributed by atoms with Crippen LogP contribution in [0.3, 0.4) is 0 Å². The van der Waals surface area contributed by atoms with E-state index >= 15 is 0 Å². The van der Waals surface area contributed by atoms with Gasteiger partial charge >= 0.3 is 0 Å². The Hall–Kier alpha value is -2.01. The molecule has 0 unspecified atom stereocenters. The highest BCUT2D eigenvalue weighted by Gasteiger charge is 2.17. The van der Waals surface area contributed by atoms with Crippen LogP contribution in [0.15, 0.2) is 29.8 Å². The van der Waals surface area contributed by atoms with Gasteiger partial charge in [0.15, 0.2) is 5.01 Å². The predicted octanol–water partition coefficient (Wildman–Crippen LogP) is 3.95. The average molecular weight is 288 g/mol. The van der Waals surface area contributed by atoms with E-state index in [0.717, 1.165) is 24.1 Å². The third kappa shape index (κ3) is 2.25. The number of hydrogen-bond acceptors (Lipinski definition) is 3. The Balaban J connectivity index is 2.01. The summed E-state index contributed by atoms with van der Waals surface area (Å²) in [6, 6.07) is 4.38. The van der Waals surface area contributed by atoms with Crippen molar-refractivity contribution < 1.29 is 9.18 Å². The number of benzene rings is 1. The van der Waals surface area contributed by atoms with Gasteiger partial charge in [0.05, 0.1) is 11.3 Å². The molecule has 3 rings (SSSR count). The molecule has 1 aromatic carbocycles. The first kappa shape index (κ1) is 13.0. The van der Waals surface area contributed by atoms with E-state index < -0.39 is 0 Å². The predicted molar refractivity (Wildman–Crippen MR) is 77.8 cm³/mol. The number of carbonyl (C=O) groups is 1. The maximum Gasteiger partial charge on any atom is 0.223 e. The third-order valence-corrected chi connectivity index (χ3v) is 4.03. The van der Waals surface area contributed by atoms with Crippen LogP contribution in [0.4, 0.5) is 4.39 Å². The number of halogens is 1. The van der Waals surface area contributed by atoms with Crippen molar-refractivity contribution in [3.63, 3.8) is 0 Å². The van der Waals surface area contributed by atoms with Crippen molar-refractivity contribution in [1.29, 1.82) is 0 Å². The minimum Gasteiger partial charge on any atom is -0.360 e. The number of thiazole rings is 1. The van der Waals surface area contributed by atoms with E-state index in [2.05, 4.69) is 16.9 Å². The molecule has 3 aromatic rings. The van der Waals surface area contributed by atoms with E-state index in [1.54, 1.807) is 12.3 Å². The number of ketones is 1. The van der Waals surface area contributed by atoms with Gasteiger partial charge in [-0.1, -0.05) is 13.3 Å². The van der Waals surface area contributed by atoms with Gasteiger partial charge in [-0.2, -0.15) is 0 Å². The van der Waals surface area contributed by atoms with Crippen molar-refractivity contribution in [3.8, 4) is 0 Å². The van der Waals surface area contributed by atoms with Crippen molar-refractivity contribution >= 4 is 28.0 Å². The topological polar surface area (TPSA) is 45.8 Å². The first-order valence-electron chi connectivity index (χ1n) is 6.44. The molecule has 0 radical (unpaired) electrons. The Kier molecular flexibility index (Phi) is 3.36.